The molecular formula is C12H12N4O. The van der Waals surface area contributed by atoms with E-state index in [-0.39, 0.29) is 0 Å². The first-order valence-corrected chi connectivity index (χ1v) is 5.22. The summed E-state index contributed by atoms with van der Waals surface area (Å²) in [5, 5.41) is 11.7. The molecule has 5 heteroatoms. The van der Waals surface area contributed by atoms with Crippen molar-refractivity contribution in [3.63, 3.8) is 0 Å². The summed E-state index contributed by atoms with van der Waals surface area (Å²) >= 11 is 0. The predicted molar refractivity (Wildman–Crippen MR) is 62.3 cm³/mol. The summed E-state index contributed by atoms with van der Waals surface area (Å²) in [6.45, 7) is 4.27. The lowest BCUT2D eigenvalue weighted by atomic mass is 10.3. The van der Waals surface area contributed by atoms with E-state index in [2.05, 4.69) is 15.3 Å². The maximum Gasteiger partial charge on any atom is 0.213 e. The van der Waals surface area contributed by atoms with E-state index in [4.69, 9.17) is 9.68 Å². The summed E-state index contributed by atoms with van der Waals surface area (Å²) in [6.07, 6.45) is 1.52. The normalized spacial score (nSPS) is 9.94. The number of nitrogens with one attached hydrogen (secondary N) is 1. The Balaban J connectivity index is 2.00. The molecule has 0 atom stereocenters. The van der Waals surface area contributed by atoms with Crippen molar-refractivity contribution in [2.45, 2.75) is 20.4 Å². The zero-order chi connectivity index (χ0) is 12.3. The molecular weight excluding hydrogens is 216 g/mol. The molecule has 86 valence electrons. The number of hydrogen-bond donors (Lipinski definition) is 1. The Hall–Kier alpha value is -2.35. The molecule has 0 fully saturated rings. The Morgan fingerprint density at radius 2 is 2.24 bits per heavy atom. The maximum atomic E-state index is 8.63. The first-order valence-electron chi connectivity index (χ1n) is 5.22. The van der Waals surface area contributed by atoms with E-state index in [1.54, 1.807) is 12.1 Å². The third-order valence-electron chi connectivity index (χ3n) is 2.39. The zero-order valence-corrected chi connectivity index (χ0v) is 9.69. The van der Waals surface area contributed by atoms with Gasteiger partial charge in [-0.25, -0.2) is 9.97 Å². The van der Waals surface area contributed by atoms with Crippen LogP contribution in [0.15, 0.2) is 22.7 Å². The Morgan fingerprint density at radius 1 is 1.41 bits per heavy atom. The minimum Gasteiger partial charge on any atom is -0.444 e. The standard InChI is InChI=1S/C12H12N4O/c1-8-9(2)17-12(16-8)7-15-11-4-3-10(5-13)6-14-11/h3-4,6H,7H2,1-2H3,(H,14,15). The third-order valence-corrected chi connectivity index (χ3v) is 2.39. The average molecular weight is 228 g/mol. The monoisotopic (exact) mass is 228 g/mol. The number of pyridine rings is 1. The lowest BCUT2D eigenvalue weighted by molar-refractivity contribution is 0.478. The summed E-state index contributed by atoms with van der Waals surface area (Å²) in [5.74, 6) is 2.15. The number of nitrogens with zero attached hydrogens (tertiary/aromatic N) is 3. The van der Waals surface area contributed by atoms with Gasteiger partial charge < -0.3 is 9.73 Å². The van der Waals surface area contributed by atoms with Crippen LogP contribution in [0.25, 0.3) is 0 Å². The fourth-order valence-corrected chi connectivity index (χ4v) is 1.35. The SMILES string of the molecule is Cc1nc(CNc2ccc(C#N)cn2)oc1C. The molecule has 0 unspecified atom stereocenters. The van der Waals surface area contributed by atoms with E-state index < -0.39 is 0 Å². The largest absolute Gasteiger partial charge is 0.444 e. The number of aryl methyl sites for hydroxylation is 2. The van der Waals surface area contributed by atoms with Gasteiger partial charge in [0.15, 0.2) is 0 Å². The van der Waals surface area contributed by atoms with Crippen molar-refractivity contribution >= 4 is 5.82 Å². The molecule has 1 N–H and O–H groups in total. The van der Waals surface area contributed by atoms with Gasteiger partial charge >= 0.3 is 0 Å². The number of anilines is 1. The highest BCUT2D eigenvalue weighted by Crippen LogP contribution is 2.10. The van der Waals surface area contributed by atoms with E-state index in [1.807, 2.05) is 19.9 Å². The van der Waals surface area contributed by atoms with Crippen LogP contribution in [0.3, 0.4) is 0 Å². The number of rotatable bonds is 3. The van der Waals surface area contributed by atoms with Crippen molar-refractivity contribution in [3.8, 4) is 6.07 Å². The van der Waals surface area contributed by atoms with Crippen molar-refractivity contribution in [2.75, 3.05) is 5.32 Å². The molecule has 2 aromatic heterocycles. The van der Waals surface area contributed by atoms with Crippen LogP contribution in [0.2, 0.25) is 0 Å². The molecule has 17 heavy (non-hydrogen) atoms. The summed E-state index contributed by atoms with van der Waals surface area (Å²) < 4.78 is 5.43. The van der Waals surface area contributed by atoms with Crippen LogP contribution >= 0.6 is 0 Å². The second kappa shape index (κ2) is 4.66. The molecule has 0 aliphatic heterocycles. The molecule has 2 rings (SSSR count). The minimum atomic E-state index is 0.480. The van der Waals surface area contributed by atoms with Gasteiger partial charge in [0, 0.05) is 6.20 Å². The van der Waals surface area contributed by atoms with Crippen LogP contribution in [-0.2, 0) is 6.54 Å². The highest BCUT2D eigenvalue weighted by atomic mass is 16.4. The number of aromatic nitrogens is 2. The minimum absolute atomic E-state index is 0.480. The Labute approximate surface area is 99.1 Å². The van der Waals surface area contributed by atoms with Gasteiger partial charge in [0.1, 0.15) is 17.6 Å². The van der Waals surface area contributed by atoms with Gasteiger partial charge in [-0.1, -0.05) is 0 Å². The second-order valence-corrected chi connectivity index (χ2v) is 3.65. The highest BCUT2D eigenvalue weighted by molar-refractivity contribution is 5.38. The Morgan fingerprint density at radius 3 is 2.76 bits per heavy atom. The lowest BCUT2D eigenvalue weighted by Crippen LogP contribution is -2.01. The van der Waals surface area contributed by atoms with Gasteiger partial charge in [-0.15, -0.1) is 0 Å². The maximum absolute atomic E-state index is 8.63. The second-order valence-electron chi connectivity index (χ2n) is 3.65. The number of nitriles is 1. The van der Waals surface area contributed by atoms with Gasteiger partial charge in [0.25, 0.3) is 0 Å². The highest BCUT2D eigenvalue weighted by Gasteiger charge is 2.05. The molecule has 2 aromatic rings. The van der Waals surface area contributed by atoms with Crippen molar-refractivity contribution in [1.29, 1.82) is 5.26 Å². The average Bonchev–Trinajstić information content (AvgIpc) is 2.67. The van der Waals surface area contributed by atoms with Crippen molar-refractivity contribution in [3.05, 3.63) is 41.2 Å². The van der Waals surface area contributed by atoms with Gasteiger partial charge in [0.05, 0.1) is 17.8 Å². The van der Waals surface area contributed by atoms with Crippen molar-refractivity contribution in [2.24, 2.45) is 0 Å². The van der Waals surface area contributed by atoms with Crippen molar-refractivity contribution < 1.29 is 4.42 Å². The smallest absolute Gasteiger partial charge is 0.213 e. The molecule has 5 nitrogen and oxygen atoms in total. The van der Waals surface area contributed by atoms with E-state index in [9.17, 15) is 0 Å². The van der Waals surface area contributed by atoms with Crippen LogP contribution in [0.1, 0.15) is 22.9 Å². The van der Waals surface area contributed by atoms with Crippen LogP contribution < -0.4 is 5.32 Å². The van der Waals surface area contributed by atoms with Crippen molar-refractivity contribution in [1.82, 2.24) is 9.97 Å². The van der Waals surface area contributed by atoms with E-state index >= 15 is 0 Å². The molecule has 0 saturated carbocycles. The molecule has 0 amide bonds. The summed E-state index contributed by atoms with van der Waals surface area (Å²) in [7, 11) is 0. The molecule has 2 heterocycles. The first kappa shape index (κ1) is 11.1. The van der Waals surface area contributed by atoms with Crippen LogP contribution in [0, 0.1) is 25.2 Å². The molecule has 0 aliphatic rings. The fraction of sp³-hybridized carbons (Fsp3) is 0.250. The first-order chi connectivity index (χ1) is 8.19. The topological polar surface area (TPSA) is 74.7 Å². The molecule has 0 saturated heterocycles. The van der Waals surface area contributed by atoms with Gasteiger partial charge in [-0.05, 0) is 26.0 Å². The quantitative estimate of drug-likeness (QED) is 0.871. The summed E-state index contributed by atoms with van der Waals surface area (Å²) in [4.78, 5) is 8.34. The van der Waals surface area contributed by atoms with Gasteiger partial charge in [-0.2, -0.15) is 5.26 Å². The van der Waals surface area contributed by atoms with Gasteiger partial charge in [0.2, 0.25) is 5.89 Å². The molecule has 0 aliphatic carbocycles. The molecule has 0 bridgehead atoms. The Bertz CT molecular complexity index is 531. The molecule has 0 radical (unpaired) electrons. The number of oxazole rings is 1. The zero-order valence-electron chi connectivity index (χ0n) is 9.69. The third kappa shape index (κ3) is 2.61. The Kier molecular flexibility index (Phi) is 3.06. The van der Waals surface area contributed by atoms with Crippen LogP contribution in [0.4, 0.5) is 5.82 Å². The molecule has 0 spiro atoms. The lowest BCUT2D eigenvalue weighted by Gasteiger charge is -2.01. The van der Waals surface area contributed by atoms with Gasteiger partial charge in [-0.3, -0.25) is 0 Å². The van der Waals surface area contributed by atoms with E-state index in [0.29, 0.717) is 23.8 Å². The number of hydrogen-bond acceptors (Lipinski definition) is 5. The predicted octanol–water partition coefficient (Wildman–Crippen LogP) is 2.17. The van der Waals surface area contributed by atoms with E-state index in [1.165, 1.54) is 6.20 Å². The summed E-state index contributed by atoms with van der Waals surface area (Å²) in [6, 6.07) is 5.48. The van der Waals surface area contributed by atoms with Crippen LogP contribution in [-0.4, -0.2) is 9.97 Å². The summed E-state index contributed by atoms with van der Waals surface area (Å²) in [5.41, 5.74) is 1.44. The molecule has 0 aromatic carbocycles. The van der Waals surface area contributed by atoms with E-state index in [0.717, 1.165) is 11.5 Å². The fourth-order valence-electron chi connectivity index (χ4n) is 1.35. The van der Waals surface area contributed by atoms with Crippen LogP contribution in [0.5, 0.6) is 0 Å².